The van der Waals surface area contributed by atoms with Crippen LogP contribution in [-0.2, 0) is 19.8 Å². The average molecular weight is 431 g/mol. The van der Waals surface area contributed by atoms with Gasteiger partial charge in [0.25, 0.3) is 11.8 Å². The van der Waals surface area contributed by atoms with Crippen molar-refractivity contribution < 1.29 is 18.7 Å². The average Bonchev–Trinajstić information content (AvgIpc) is 2.79. The molecule has 1 aromatic carbocycles. The van der Waals surface area contributed by atoms with E-state index in [0.29, 0.717) is 26.3 Å². The van der Waals surface area contributed by atoms with Gasteiger partial charge in [-0.2, -0.15) is 9.38 Å². The molecule has 1 amide bonds. The first-order valence-electron chi connectivity index (χ1n) is 10.7. The summed E-state index contributed by atoms with van der Waals surface area (Å²) in [7, 11) is 0. The number of aliphatic imine (C=N–C) groups is 1. The molecule has 3 rings (SSSR count). The van der Waals surface area contributed by atoms with Gasteiger partial charge in [0.1, 0.15) is 11.6 Å². The van der Waals surface area contributed by atoms with Gasteiger partial charge in [0.2, 0.25) is 5.83 Å². The summed E-state index contributed by atoms with van der Waals surface area (Å²) < 4.78 is 25.8. The smallest absolute Gasteiger partial charge is 0.258 e. The first-order valence-corrected chi connectivity index (χ1v) is 10.7. The molecule has 1 fully saturated rings. The highest BCUT2D eigenvalue weighted by Crippen LogP contribution is 2.29. The lowest BCUT2D eigenvalue weighted by Crippen LogP contribution is -2.47. The van der Waals surface area contributed by atoms with Crippen LogP contribution in [0.5, 0.6) is 0 Å². The SMILES string of the molecule is C=C1N=C(OCC(=O)NC(CC)(CC)c2ccc(C)cc2)C(F)=C(N2CCOCC2)N1. The van der Waals surface area contributed by atoms with Gasteiger partial charge in [0, 0.05) is 13.1 Å². The Kier molecular flexibility index (Phi) is 7.33. The molecule has 2 aliphatic rings. The minimum Gasteiger partial charge on any atom is -0.465 e. The summed E-state index contributed by atoms with van der Waals surface area (Å²) >= 11 is 0. The molecule has 0 aliphatic carbocycles. The van der Waals surface area contributed by atoms with Gasteiger partial charge in [-0.3, -0.25) is 4.79 Å². The standard InChI is InChI=1S/C23H31FN4O3/c1-5-23(6-2,18-9-7-16(3)8-10-18)27-19(29)15-31-22-20(24)21(25-17(4)26-22)28-11-13-30-14-12-28/h7-10,25H,4-6,11-15H2,1-3H3,(H,27,29). The summed E-state index contributed by atoms with van der Waals surface area (Å²) in [6.45, 7) is 11.6. The fourth-order valence-corrected chi connectivity index (χ4v) is 3.81. The maximum absolute atomic E-state index is 15.0. The molecule has 0 aromatic heterocycles. The van der Waals surface area contributed by atoms with Crippen molar-refractivity contribution in [1.82, 2.24) is 15.5 Å². The Balaban J connectivity index is 1.69. The maximum atomic E-state index is 15.0. The highest BCUT2D eigenvalue weighted by molar-refractivity contribution is 5.95. The van der Waals surface area contributed by atoms with E-state index < -0.39 is 11.4 Å². The number of amides is 1. The lowest BCUT2D eigenvalue weighted by atomic mass is 9.84. The lowest BCUT2D eigenvalue weighted by Gasteiger charge is -2.34. The van der Waals surface area contributed by atoms with Crippen molar-refractivity contribution in [2.75, 3.05) is 32.9 Å². The van der Waals surface area contributed by atoms with Gasteiger partial charge in [-0.1, -0.05) is 50.3 Å². The van der Waals surface area contributed by atoms with Crippen LogP contribution in [0.15, 0.2) is 53.3 Å². The molecule has 7 nitrogen and oxygen atoms in total. The van der Waals surface area contributed by atoms with E-state index in [1.807, 2.05) is 49.9 Å². The number of morpholine rings is 1. The number of nitrogens with one attached hydrogen (secondary N) is 2. The molecule has 2 aliphatic heterocycles. The predicted molar refractivity (Wildman–Crippen MR) is 118 cm³/mol. The number of halogens is 1. The molecular formula is C23H31FN4O3. The number of carbonyl (C=O) groups excluding carboxylic acids is 1. The van der Waals surface area contributed by atoms with E-state index in [9.17, 15) is 9.18 Å². The zero-order valence-corrected chi connectivity index (χ0v) is 18.5. The molecule has 1 aromatic rings. The minimum atomic E-state index is -0.641. The summed E-state index contributed by atoms with van der Waals surface area (Å²) in [5.41, 5.74) is 1.67. The largest absolute Gasteiger partial charge is 0.465 e. The normalized spacial score (nSPS) is 17.2. The van der Waals surface area contributed by atoms with E-state index in [-0.39, 0.29) is 30.1 Å². The molecule has 168 valence electrons. The van der Waals surface area contributed by atoms with Crippen LogP contribution in [0.1, 0.15) is 37.8 Å². The van der Waals surface area contributed by atoms with E-state index in [1.54, 1.807) is 0 Å². The van der Waals surface area contributed by atoms with E-state index in [2.05, 4.69) is 22.2 Å². The van der Waals surface area contributed by atoms with Crippen molar-refractivity contribution >= 4 is 11.8 Å². The third-order valence-electron chi connectivity index (χ3n) is 5.75. The van der Waals surface area contributed by atoms with E-state index in [1.165, 1.54) is 0 Å². The fourth-order valence-electron chi connectivity index (χ4n) is 3.81. The number of benzene rings is 1. The zero-order valence-electron chi connectivity index (χ0n) is 18.5. The van der Waals surface area contributed by atoms with Gasteiger partial charge in [-0.25, -0.2) is 0 Å². The van der Waals surface area contributed by atoms with Crippen LogP contribution in [0, 0.1) is 6.92 Å². The van der Waals surface area contributed by atoms with Crippen molar-refractivity contribution in [1.29, 1.82) is 0 Å². The highest BCUT2D eigenvalue weighted by atomic mass is 19.1. The third kappa shape index (κ3) is 5.25. The highest BCUT2D eigenvalue weighted by Gasteiger charge is 2.31. The maximum Gasteiger partial charge on any atom is 0.258 e. The molecule has 1 saturated heterocycles. The van der Waals surface area contributed by atoms with Gasteiger partial charge in [0.05, 0.1) is 18.8 Å². The van der Waals surface area contributed by atoms with E-state index in [0.717, 1.165) is 24.0 Å². The van der Waals surface area contributed by atoms with Crippen LogP contribution < -0.4 is 10.6 Å². The van der Waals surface area contributed by atoms with Crippen molar-refractivity contribution in [3.63, 3.8) is 0 Å². The molecule has 2 heterocycles. The van der Waals surface area contributed by atoms with Crippen molar-refractivity contribution in [3.8, 4) is 0 Å². The monoisotopic (exact) mass is 430 g/mol. The topological polar surface area (TPSA) is 75.2 Å². The molecule has 31 heavy (non-hydrogen) atoms. The van der Waals surface area contributed by atoms with E-state index >= 15 is 0 Å². The first kappa shape index (κ1) is 22.8. The number of carbonyl (C=O) groups is 1. The second kappa shape index (κ2) is 9.96. The van der Waals surface area contributed by atoms with Gasteiger partial charge >= 0.3 is 0 Å². The Morgan fingerprint density at radius 2 is 1.94 bits per heavy atom. The second-order valence-electron chi connectivity index (χ2n) is 7.74. The summed E-state index contributed by atoms with van der Waals surface area (Å²) in [5.74, 6) is -0.715. The third-order valence-corrected chi connectivity index (χ3v) is 5.75. The number of aryl methyl sites for hydroxylation is 1. The molecule has 0 bridgehead atoms. The number of hydrogen-bond donors (Lipinski definition) is 2. The van der Waals surface area contributed by atoms with Gasteiger partial charge in [-0.05, 0) is 25.3 Å². The number of hydrogen-bond acceptors (Lipinski definition) is 6. The molecule has 0 radical (unpaired) electrons. The summed E-state index contributed by atoms with van der Waals surface area (Å²) in [6, 6.07) is 8.12. The van der Waals surface area contributed by atoms with Crippen LogP contribution in [0.25, 0.3) is 0 Å². The summed E-state index contributed by atoms with van der Waals surface area (Å²) in [5, 5.41) is 5.93. The quantitative estimate of drug-likeness (QED) is 0.695. The lowest BCUT2D eigenvalue weighted by molar-refractivity contribution is -0.125. The molecule has 2 N–H and O–H groups in total. The van der Waals surface area contributed by atoms with E-state index in [4.69, 9.17) is 9.47 Å². The summed E-state index contributed by atoms with van der Waals surface area (Å²) in [6.07, 6.45) is 1.44. The Hall–Kier alpha value is -2.87. The Labute approximate surface area is 183 Å². The van der Waals surface area contributed by atoms with Crippen LogP contribution >= 0.6 is 0 Å². The Bertz CT molecular complexity index is 869. The van der Waals surface area contributed by atoms with Crippen molar-refractivity contribution in [2.45, 2.75) is 39.2 Å². The van der Waals surface area contributed by atoms with Crippen molar-refractivity contribution in [3.05, 3.63) is 59.4 Å². The number of rotatable bonds is 7. The Morgan fingerprint density at radius 3 is 2.55 bits per heavy atom. The predicted octanol–water partition coefficient (Wildman–Crippen LogP) is 3.09. The van der Waals surface area contributed by atoms with Gasteiger partial charge in [-0.15, -0.1) is 0 Å². The van der Waals surface area contributed by atoms with Crippen LogP contribution in [-0.4, -0.2) is 49.6 Å². The zero-order chi connectivity index (χ0) is 22.4. The molecule has 0 atom stereocenters. The first-order chi connectivity index (χ1) is 14.9. The van der Waals surface area contributed by atoms with Gasteiger partial charge in [0.15, 0.2) is 6.61 Å². The molecule has 0 unspecified atom stereocenters. The second-order valence-corrected chi connectivity index (χ2v) is 7.74. The minimum absolute atomic E-state index is 0.241. The fraction of sp³-hybridized carbons (Fsp3) is 0.478. The number of nitrogens with zero attached hydrogens (tertiary/aromatic N) is 2. The molecule has 8 heteroatoms. The molecular weight excluding hydrogens is 399 g/mol. The van der Waals surface area contributed by atoms with Crippen LogP contribution in [0.2, 0.25) is 0 Å². The van der Waals surface area contributed by atoms with Crippen LogP contribution in [0.3, 0.4) is 0 Å². The molecule has 0 spiro atoms. The molecule has 0 saturated carbocycles. The van der Waals surface area contributed by atoms with Crippen molar-refractivity contribution in [2.24, 2.45) is 4.99 Å². The summed E-state index contributed by atoms with van der Waals surface area (Å²) in [4.78, 5) is 18.6. The number of ether oxygens (including phenoxy) is 2. The van der Waals surface area contributed by atoms with Gasteiger partial charge < -0.3 is 25.0 Å². The Morgan fingerprint density at radius 1 is 1.29 bits per heavy atom. The van der Waals surface area contributed by atoms with Crippen LogP contribution in [0.4, 0.5) is 4.39 Å².